The van der Waals surface area contributed by atoms with E-state index < -0.39 is 17.7 Å². The molecule has 0 atom stereocenters. The minimum absolute atomic E-state index is 0.224. The van der Waals surface area contributed by atoms with E-state index >= 15 is 0 Å². The predicted octanol–water partition coefficient (Wildman–Crippen LogP) is -0.103. The van der Waals surface area contributed by atoms with Crippen LogP contribution in [0.4, 0.5) is 0 Å². The molecule has 0 aliphatic carbocycles. The van der Waals surface area contributed by atoms with Crippen LogP contribution in [-0.2, 0) is 14.4 Å². The first-order chi connectivity index (χ1) is 7.97. The van der Waals surface area contributed by atoms with Gasteiger partial charge in [-0.15, -0.1) is 0 Å². The first-order valence-electron chi connectivity index (χ1n) is 4.34. The molecular formula is C9H5N3O3S2. The number of imide groups is 1. The monoisotopic (exact) mass is 267 g/mol. The highest BCUT2D eigenvalue weighted by Gasteiger charge is 2.42. The van der Waals surface area contributed by atoms with Crippen LogP contribution < -0.4 is 5.73 Å². The molecule has 86 valence electrons. The molecule has 6 nitrogen and oxygen atoms in total. The molecular weight excluding hydrogens is 262 g/mol. The second-order valence-electron chi connectivity index (χ2n) is 3.17. The molecule has 0 radical (unpaired) electrons. The normalized spacial score (nSPS) is 18.6. The van der Waals surface area contributed by atoms with Crippen molar-refractivity contribution >= 4 is 41.2 Å². The Morgan fingerprint density at radius 2 is 1.76 bits per heavy atom. The van der Waals surface area contributed by atoms with Crippen molar-refractivity contribution in [2.45, 2.75) is 0 Å². The van der Waals surface area contributed by atoms with Crippen molar-refractivity contribution in [3.8, 4) is 6.07 Å². The van der Waals surface area contributed by atoms with Crippen molar-refractivity contribution in [1.82, 2.24) is 4.90 Å². The Kier molecular flexibility index (Phi) is 2.73. The third kappa shape index (κ3) is 1.64. The van der Waals surface area contributed by atoms with Crippen LogP contribution in [0.5, 0.6) is 0 Å². The molecule has 0 saturated carbocycles. The van der Waals surface area contributed by atoms with E-state index in [-0.39, 0.29) is 15.4 Å². The standard InChI is InChI=1S/C9H5N3O3S2/c1-12-7(14)4-5(8(12)15)17-9(16-4)3(2-10)6(11)13/h1H3,(H2,11,13). The maximum absolute atomic E-state index is 11.6. The van der Waals surface area contributed by atoms with E-state index in [1.54, 1.807) is 6.07 Å². The number of nitrogens with two attached hydrogens (primary N) is 1. The summed E-state index contributed by atoms with van der Waals surface area (Å²) in [5, 5.41) is 8.77. The van der Waals surface area contributed by atoms with Crippen molar-refractivity contribution in [3.05, 3.63) is 19.6 Å². The number of primary amides is 1. The number of thioether (sulfide) groups is 2. The molecule has 2 aliphatic heterocycles. The quantitative estimate of drug-likeness (QED) is 0.404. The van der Waals surface area contributed by atoms with Gasteiger partial charge in [-0.3, -0.25) is 19.3 Å². The maximum Gasteiger partial charge on any atom is 0.268 e. The second kappa shape index (κ2) is 3.94. The minimum atomic E-state index is -0.864. The number of carbonyl (C=O) groups excluding carboxylic acids is 3. The summed E-state index contributed by atoms with van der Waals surface area (Å²) in [5.74, 6) is -1.70. The lowest BCUT2D eigenvalue weighted by molar-refractivity contribution is -0.135. The lowest BCUT2D eigenvalue weighted by Crippen LogP contribution is -2.27. The molecule has 0 aromatic heterocycles. The van der Waals surface area contributed by atoms with Gasteiger partial charge < -0.3 is 5.73 Å². The van der Waals surface area contributed by atoms with E-state index in [1.165, 1.54) is 7.05 Å². The Bertz CT molecular complexity index is 541. The summed E-state index contributed by atoms with van der Waals surface area (Å²) in [6, 6.07) is 1.67. The van der Waals surface area contributed by atoms with Crippen molar-refractivity contribution in [2.24, 2.45) is 5.73 Å². The van der Waals surface area contributed by atoms with Crippen LogP contribution in [0, 0.1) is 11.3 Å². The van der Waals surface area contributed by atoms with Gasteiger partial charge in [-0.05, 0) is 0 Å². The van der Waals surface area contributed by atoms with Crippen molar-refractivity contribution < 1.29 is 14.4 Å². The summed E-state index contributed by atoms with van der Waals surface area (Å²) in [4.78, 5) is 35.7. The SMILES string of the molecule is CN1C(=O)C2=C(SC(=C(C#N)C(N)=O)S2)C1=O. The number of carbonyl (C=O) groups is 3. The van der Waals surface area contributed by atoms with Crippen LogP contribution in [0.25, 0.3) is 0 Å². The number of nitrogens with zero attached hydrogens (tertiary/aromatic N) is 2. The molecule has 8 heteroatoms. The predicted molar refractivity (Wildman–Crippen MR) is 61.8 cm³/mol. The number of nitriles is 1. The average molecular weight is 267 g/mol. The van der Waals surface area contributed by atoms with Gasteiger partial charge in [0.05, 0.1) is 14.0 Å². The zero-order valence-electron chi connectivity index (χ0n) is 8.51. The van der Waals surface area contributed by atoms with Crippen LogP contribution >= 0.6 is 23.5 Å². The highest BCUT2D eigenvalue weighted by molar-refractivity contribution is 8.29. The molecule has 2 N–H and O–H groups in total. The Morgan fingerprint density at radius 1 is 1.29 bits per heavy atom. The van der Waals surface area contributed by atoms with Gasteiger partial charge in [-0.25, -0.2) is 0 Å². The van der Waals surface area contributed by atoms with Crippen LogP contribution in [-0.4, -0.2) is 29.7 Å². The molecule has 0 spiro atoms. The Hall–Kier alpha value is -1.72. The zero-order valence-corrected chi connectivity index (χ0v) is 10.1. The Labute approximate surface area is 104 Å². The number of hydrogen-bond acceptors (Lipinski definition) is 6. The lowest BCUT2D eigenvalue weighted by atomic mass is 10.3. The summed E-state index contributed by atoms with van der Waals surface area (Å²) < 4.78 is 0.291. The minimum Gasteiger partial charge on any atom is -0.365 e. The number of rotatable bonds is 1. The van der Waals surface area contributed by atoms with Gasteiger partial charge in [0.25, 0.3) is 17.7 Å². The number of hydrogen-bond donors (Lipinski definition) is 1. The summed E-state index contributed by atoms with van der Waals surface area (Å²) in [7, 11) is 1.38. The fraction of sp³-hybridized carbons (Fsp3) is 0.111. The van der Waals surface area contributed by atoms with Crippen LogP contribution in [0.3, 0.4) is 0 Å². The molecule has 0 fully saturated rings. The highest BCUT2D eigenvalue weighted by atomic mass is 32.2. The molecule has 0 unspecified atom stereocenters. The van der Waals surface area contributed by atoms with Gasteiger partial charge in [0.1, 0.15) is 11.6 Å². The third-order valence-electron chi connectivity index (χ3n) is 2.16. The van der Waals surface area contributed by atoms with E-state index in [1.807, 2.05) is 0 Å². The van der Waals surface area contributed by atoms with Crippen LogP contribution in [0.15, 0.2) is 19.6 Å². The average Bonchev–Trinajstić information content (AvgIpc) is 2.77. The molecule has 2 heterocycles. The fourth-order valence-electron chi connectivity index (χ4n) is 1.28. The van der Waals surface area contributed by atoms with Crippen LogP contribution in [0.1, 0.15) is 0 Å². The van der Waals surface area contributed by atoms with E-state index in [9.17, 15) is 14.4 Å². The smallest absolute Gasteiger partial charge is 0.268 e. The summed E-state index contributed by atoms with van der Waals surface area (Å²) in [5.41, 5.74) is 4.80. The molecule has 0 aromatic carbocycles. The van der Waals surface area contributed by atoms with Crippen LogP contribution in [0.2, 0.25) is 0 Å². The van der Waals surface area contributed by atoms with Gasteiger partial charge >= 0.3 is 0 Å². The lowest BCUT2D eigenvalue weighted by Gasteiger charge is -2.09. The van der Waals surface area contributed by atoms with Gasteiger partial charge in [0, 0.05) is 7.05 Å². The molecule has 0 saturated heterocycles. The molecule has 3 amide bonds. The third-order valence-corrected chi connectivity index (χ3v) is 4.73. The summed E-state index contributed by atoms with van der Waals surface area (Å²) >= 11 is 1.89. The molecule has 2 rings (SSSR count). The van der Waals surface area contributed by atoms with Gasteiger partial charge in [-0.1, -0.05) is 23.5 Å². The van der Waals surface area contributed by atoms with Gasteiger partial charge in [0.2, 0.25) is 0 Å². The first kappa shape index (κ1) is 11.8. The van der Waals surface area contributed by atoms with E-state index in [2.05, 4.69) is 0 Å². The maximum atomic E-state index is 11.6. The van der Waals surface area contributed by atoms with Gasteiger partial charge in [-0.2, -0.15) is 5.26 Å². The van der Waals surface area contributed by atoms with Gasteiger partial charge in [0.15, 0.2) is 0 Å². The molecule has 17 heavy (non-hydrogen) atoms. The Balaban J connectivity index is 2.39. The van der Waals surface area contributed by atoms with E-state index in [0.717, 1.165) is 28.4 Å². The summed E-state index contributed by atoms with van der Waals surface area (Å²) in [6.07, 6.45) is 0. The molecule has 0 bridgehead atoms. The van der Waals surface area contributed by atoms with Crippen molar-refractivity contribution in [2.75, 3.05) is 7.05 Å². The Morgan fingerprint density at radius 3 is 2.12 bits per heavy atom. The fourth-order valence-corrected chi connectivity index (χ4v) is 3.87. The van der Waals surface area contributed by atoms with E-state index in [4.69, 9.17) is 11.0 Å². The van der Waals surface area contributed by atoms with E-state index in [0.29, 0.717) is 4.24 Å². The summed E-state index contributed by atoms with van der Waals surface area (Å²) in [6.45, 7) is 0. The number of likely N-dealkylation sites (N-methyl/N-ethyl adjacent to an activating group) is 1. The first-order valence-corrected chi connectivity index (χ1v) is 5.97. The zero-order chi connectivity index (χ0) is 12.7. The highest BCUT2D eigenvalue weighted by Crippen LogP contribution is 2.53. The second-order valence-corrected chi connectivity index (χ2v) is 5.47. The van der Waals surface area contributed by atoms with Crippen molar-refractivity contribution in [1.29, 1.82) is 5.26 Å². The number of amides is 3. The largest absolute Gasteiger partial charge is 0.365 e. The van der Waals surface area contributed by atoms with Crippen molar-refractivity contribution in [3.63, 3.8) is 0 Å². The molecule has 2 aliphatic rings. The topological polar surface area (TPSA) is 104 Å². The molecule has 0 aromatic rings.